The molecule has 0 atom stereocenters. The largest absolute Gasteiger partial charge is 0.326 e. The van der Waals surface area contributed by atoms with Crippen LogP contribution in [0.3, 0.4) is 0 Å². The minimum Gasteiger partial charge on any atom is -0.326 e. The van der Waals surface area contributed by atoms with Gasteiger partial charge in [0, 0.05) is 18.7 Å². The van der Waals surface area contributed by atoms with Gasteiger partial charge in [-0.1, -0.05) is 30.3 Å². The molecule has 0 saturated carbocycles. The summed E-state index contributed by atoms with van der Waals surface area (Å²) < 4.78 is 25.8. The van der Waals surface area contributed by atoms with Crippen molar-refractivity contribution in [2.75, 3.05) is 22.4 Å². The number of nitrogens with zero attached hydrogens (tertiary/aromatic N) is 1. The van der Waals surface area contributed by atoms with E-state index < -0.39 is 10.0 Å². The molecule has 140 valence electrons. The van der Waals surface area contributed by atoms with Gasteiger partial charge in [-0.05, 0) is 56.0 Å². The lowest BCUT2D eigenvalue weighted by molar-refractivity contribution is -0.116. The summed E-state index contributed by atoms with van der Waals surface area (Å²) in [7, 11) is -3.42. The fourth-order valence-electron chi connectivity index (χ4n) is 2.76. The number of aryl methyl sites for hydroxylation is 3. The van der Waals surface area contributed by atoms with Gasteiger partial charge in [0.25, 0.3) is 0 Å². The van der Waals surface area contributed by atoms with E-state index in [1.54, 1.807) is 0 Å². The van der Waals surface area contributed by atoms with Crippen LogP contribution in [0.15, 0.2) is 42.5 Å². The van der Waals surface area contributed by atoms with Gasteiger partial charge in [-0.3, -0.25) is 9.10 Å². The van der Waals surface area contributed by atoms with Crippen molar-refractivity contribution in [1.29, 1.82) is 0 Å². The Balaban J connectivity index is 2.03. The van der Waals surface area contributed by atoms with Crippen LogP contribution in [0.5, 0.6) is 0 Å². The highest BCUT2D eigenvalue weighted by Gasteiger charge is 2.19. The molecule has 0 aliphatic rings. The van der Waals surface area contributed by atoms with Crippen molar-refractivity contribution in [2.24, 2.45) is 0 Å². The standard InChI is InChI=1S/C20H26N2O3S/c1-15-11-12-17(3)19(14-15)22(26(4,24)25)13-7-10-20(23)21-18-9-6-5-8-16(18)2/h5-6,8-9,11-12,14H,7,10,13H2,1-4H3,(H,21,23). The summed E-state index contributed by atoms with van der Waals surface area (Å²) in [6.07, 6.45) is 1.89. The first-order chi connectivity index (χ1) is 12.2. The molecule has 1 amide bonds. The molecule has 2 aromatic carbocycles. The molecule has 2 aromatic rings. The molecule has 1 N–H and O–H groups in total. The van der Waals surface area contributed by atoms with Gasteiger partial charge in [0.2, 0.25) is 15.9 Å². The van der Waals surface area contributed by atoms with Crippen LogP contribution in [-0.2, 0) is 14.8 Å². The lowest BCUT2D eigenvalue weighted by Crippen LogP contribution is -2.32. The van der Waals surface area contributed by atoms with Crippen LogP contribution in [0.25, 0.3) is 0 Å². The second-order valence-electron chi connectivity index (χ2n) is 6.59. The van der Waals surface area contributed by atoms with E-state index in [4.69, 9.17) is 0 Å². The first-order valence-electron chi connectivity index (χ1n) is 8.59. The van der Waals surface area contributed by atoms with Gasteiger partial charge in [-0.15, -0.1) is 0 Å². The Hall–Kier alpha value is -2.34. The predicted octanol–water partition coefficient (Wildman–Crippen LogP) is 3.80. The van der Waals surface area contributed by atoms with Crippen LogP contribution >= 0.6 is 0 Å². The fourth-order valence-corrected chi connectivity index (χ4v) is 3.78. The van der Waals surface area contributed by atoms with E-state index in [0.29, 0.717) is 12.1 Å². The van der Waals surface area contributed by atoms with Crippen molar-refractivity contribution in [3.63, 3.8) is 0 Å². The Morgan fingerprint density at radius 2 is 1.73 bits per heavy atom. The molecule has 0 bridgehead atoms. The predicted molar refractivity (Wildman–Crippen MR) is 107 cm³/mol. The molecule has 6 heteroatoms. The minimum atomic E-state index is -3.42. The van der Waals surface area contributed by atoms with E-state index in [2.05, 4.69) is 5.32 Å². The topological polar surface area (TPSA) is 66.5 Å². The van der Waals surface area contributed by atoms with E-state index in [1.165, 1.54) is 10.6 Å². The van der Waals surface area contributed by atoms with E-state index >= 15 is 0 Å². The molecule has 26 heavy (non-hydrogen) atoms. The average Bonchev–Trinajstić information content (AvgIpc) is 2.55. The maximum atomic E-state index is 12.2. The van der Waals surface area contributed by atoms with Gasteiger partial charge < -0.3 is 5.32 Å². The van der Waals surface area contributed by atoms with E-state index in [0.717, 1.165) is 22.4 Å². The second-order valence-corrected chi connectivity index (χ2v) is 8.50. The monoisotopic (exact) mass is 374 g/mol. The fraction of sp³-hybridized carbons (Fsp3) is 0.350. The lowest BCUT2D eigenvalue weighted by atomic mass is 10.1. The molecule has 5 nitrogen and oxygen atoms in total. The van der Waals surface area contributed by atoms with Crippen LogP contribution in [0.2, 0.25) is 0 Å². The zero-order valence-electron chi connectivity index (χ0n) is 15.7. The SMILES string of the molecule is Cc1ccc(C)c(N(CCCC(=O)Nc2ccccc2C)S(C)(=O)=O)c1. The molecular formula is C20H26N2O3S. The summed E-state index contributed by atoms with van der Waals surface area (Å²) in [4.78, 5) is 12.2. The Morgan fingerprint density at radius 1 is 1.04 bits per heavy atom. The van der Waals surface area contributed by atoms with Crippen LogP contribution in [-0.4, -0.2) is 27.1 Å². The molecule has 0 unspecified atom stereocenters. The third-order valence-corrected chi connectivity index (χ3v) is 5.40. The highest BCUT2D eigenvalue weighted by Crippen LogP contribution is 2.24. The summed E-state index contributed by atoms with van der Waals surface area (Å²) >= 11 is 0. The number of para-hydroxylation sites is 1. The summed E-state index contributed by atoms with van der Waals surface area (Å²) in [5.74, 6) is -0.117. The quantitative estimate of drug-likeness (QED) is 0.802. The molecule has 0 fully saturated rings. The van der Waals surface area contributed by atoms with Crippen molar-refractivity contribution in [3.8, 4) is 0 Å². The molecular weight excluding hydrogens is 348 g/mol. The normalized spacial score (nSPS) is 11.2. The summed E-state index contributed by atoms with van der Waals surface area (Å²) in [5, 5.41) is 2.88. The first-order valence-corrected chi connectivity index (χ1v) is 10.4. The molecule has 2 rings (SSSR count). The summed E-state index contributed by atoms with van der Waals surface area (Å²) in [5.41, 5.74) is 4.34. The molecule has 0 aliphatic heterocycles. The summed E-state index contributed by atoms with van der Waals surface area (Å²) in [6.45, 7) is 6.02. The van der Waals surface area contributed by atoms with Crippen LogP contribution < -0.4 is 9.62 Å². The maximum absolute atomic E-state index is 12.2. The Morgan fingerprint density at radius 3 is 2.38 bits per heavy atom. The average molecular weight is 375 g/mol. The van der Waals surface area contributed by atoms with E-state index in [1.807, 2.05) is 63.2 Å². The van der Waals surface area contributed by atoms with Crippen molar-refractivity contribution >= 4 is 27.3 Å². The van der Waals surface area contributed by atoms with E-state index in [9.17, 15) is 13.2 Å². The minimum absolute atomic E-state index is 0.117. The molecule has 0 spiro atoms. The van der Waals surface area contributed by atoms with Crippen molar-refractivity contribution in [3.05, 3.63) is 59.2 Å². The molecule has 0 aromatic heterocycles. The van der Waals surface area contributed by atoms with Crippen molar-refractivity contribution < 1.29 is 13.2 Å². The zero-order valence-corrected chi connectivity index (χ0v) is 16.6. The lowest BCUT2D eigenvalue weighted by Gasteiger charge is -2.24. The molecule has 0 aliphatic carbocycles. The molecule has 0 saturated heterocycles. The number of carbonyl (C=O) groups is 1. The Labute approximate surface area is 156 Å². The number of sulfonamides is 1. The second kappa shape index (κ2) is 8.36. The number of nitrogens with one attached hydrogen (secondary N) is 1. The van der Waals surface area contributed by atoms with Gasteiger partial charge in [-0.25, -0.2) is 8.42 Å². The van der Waals surface area contributed by atoms with Gasteiger partial charge in [-0.2, -0.15) is 0 Å². The smallest absolute Gasteiger partial charge is 0.232 e. The Kier molecular flexibility index (Phi) is 6.42. The molecule has 0 heterocycles. The number of anilines is 2. The summed E-state index contributed by atoms with van der Waals surface area (Å²) in [6, 6.07) is 13.3. The number of rotatable bonds is 7. The first kappa shape index (κ1) is 20.0. The maximum Gasteiger partial charge on any atom is 0.232 e. The number of benzene rings is 2. The van der Waals surface area contributed by atoms with Gasteiger partial charge in [0.05, 0.1) is 11.9 Å². The molecule has 0 radical (unpaired) electrons. The highest BCUT2D eigenvalue weighted by molar-refractivity contribution is 7.92. The number of amides is 1. The number of hydrogen-bond donors (Lipinski definition) is 1. The number of hydrogen-bond acceptors (Lipinski definition) is 3. The third-order valence-electron chi connectivity index (χ3n) is 4.22. The van der Waals surface area contributed by atoms with Crippen molar-refractivity contribution in [1.82, 2.24) is 0 Å². The third kappa shape index (κ3) is 5.33. The van der Waals surface area contributed by atoms with Crippen molar-refractivity contribution in [2.45, 2.75) is 33.6 Å². The van der Waals surface area contributed by atoms with Gasteiger partial charge >= 0.3 is 0 Å². The van der Waals surface area contributed by atoms with Crippen LogP contribution in [0.4, 0.5) is 11.4 Å². The van der Waals surface area contributed by atoms with Gasteiger partial charge in [0.1, 0.15) is 0 Å². The van der Waals surface area contributed by atoms with Gasteiger partial charge in [0.15, 0.2) is 0 Å². The zero-order chi connectivity index (χ0) is 19.3. The van der Waals surface area contributed by atoms with Crippen LogP contribution in [0.1, 0.15) is 29.5 Å². The van der Waals surface area contributed by atoms with E-state index in [-0.39, 0.29) is 18.9 Å². The highest BCUT2D eigenvalue weighted by atomic mass is 32.2. The Bertz CT molecular complexity index is 892. The number of carbonyl (C=O) groups excluding carboxylic acids is 1. The van der Waals surface area contributed by atoms with Crippen LogP contribution in [0, 0.1) is 20.8 Å².